The fraction of sp³-hybridized carbons (Fsp3) is 0.808. The van der Waals surface area contributed by atoms with Gasteiger partial charge in [0.1, 0.15) is 17.6 Å². The van der Waals surface area contributed by atoms with E-state index in [1.807, 2.05) is 20.8 Å². The zero-order valence-electron chi connectivity index (χ0n) is 21.4. The van der Waals surface area contributed by atoms with Crippen LogP contribution in [-0.2, 0) is 23.9 Å². The highest BCUT2D eigenvalue weighted by atomic mass is 16.6. The van der Waals surface area contributed by atoms with Gasteiger partial charge in [0, 0.05) is 13.1 Å². The maximum Gasteiger partial charge on any atom is 0.312 e. The summed E-state index contributed by atoms with van der Waals surface area (Å²) in [4.78, 5) is 44.6. The Morgan fingerprint density at radius 3 is 2.62 bits per heavy atom. The Kier molecular flexibility index (Phi) is 8.13. The Morgan fingerprint density at radius 2 is 2.06 bits per heavy atom. The molecule has 2 bridgehead atoms. The van der Waals surface area contributed by atoms with Gasteiger partial charge in [-0.15, -0.1) is 6.58 Å². The van der Waals surface area contributed by atoms with Crippen LogP contribution in [0.25, 0.3) is 0 Å². The van der Waals surface area contributed by atoms with Crippen molar-refractivity contribution in [3.63, 3.8) is 0 Å². The molecule has 8 heteroatoms. The summed E-state index contributed by atoms with van der Waals surface area (Å²) in [5.41, 5.74) is -2.00. The number of hydrogen-bond donors (Lipinski definition) is 1. The minimum Gasteiger partial charge on any atom is -0.466 e. The van der Waals surface area contributed by atoms with Crippen molar-refractivity contribution in [2.24, 2.45) is 17.8 Å². The van der Waals surface area contributed by atoms with Crippen molar-refractivity contribution in [1.29, 1.82) is 0 Å². The van der Waals surface area contributed by atoms with Gasteiger partial charge in [-0.05, 0) is 39.0 Å². The van der Waals surface area contributed by atoms with Crippen LogP contribution in [0.4, 0.5) is 0 Å². The van der Waals surface area contributed by atoms with Gasteiger partial charge >= 0.3 is 5.97 Å². The maximum atomic E-state index is 14.2. The second-order valence-corrected chi connectivity index (χ2v) is 10.2. The Morgan fingerprint density at radius 1 is 1.35 bits per heavy atom. The van der Waals surface area contributed by atoms with Crippen molar-refractivity contribution >= 4 is 17.8 Å². The first-order valence-electron chi connectivity index (χ1n) is 12.9. The van der Waals surface area contributed by atoms with Crippen LogP contribution in [0, 0.1) is 17.8 Å². The predicted octanol–water partition coefficient (Wildman–Crippen LogP) is 2.54. The lowest BCUT2D eigenvalue weighted by Gasteiger charge is -2.39. The van der Waals surface area contributed by atoms with Crippen molar-refractivity contribution in [2.75, 3.05) is 26.3 Å². The summed E-state index contributed by atoms with van der Waals surface area (Å²) >= 11 is 0. The zero-order valence-corrected chi connectivity index (χ0v) is 21.4. The quantitative estimate of drug-likeness (QED) is 0.263. The number of carbonyl (C=O) groups excluding carboxylic acids is 3. The van der Waals surface area contributed by atoms with Gasteiger partial charge in [-0.3, -0.25) is 14.4 Å². The summed E-state index contributed by atoms with van der Waals surface area (Å²) < 4.78 is 12.1. The standard InChI is InChI=1S/C26H42N2O6/c1-7-11-12-14-27(13-8-2)23(31)21-26-15-17(5)25(6,34-26)20(24(32)33-10-4)19(26)22(30)28(21)18(9-3)16-29/h8,17-21,29H,2,7,9-16H2,1,3-6H3/t17?,18-,19-,20+,21?,25-,26?/m0/s1. The van der Waals surface area contributed by atoms with Crippen molar-refractivity contribution in [2.45, 2.75) is 90.0 Å². The molecule has 3 heterocycles. The SMILES string of the molecule is C=CCN(CCCCC)C(=O)C1N([C@@H](CC)CO)C(=O)[C@@H]2[C@H](C(=O)OCC)[C@@]3(C)OC12CC3C. The molecule has 3 fully saturated rings. The molecule has 1 spiro atoms. The summed E-state index contributed by atoms with van der Waals surface area (Å²) in [5, 5.41) is 10.1. The molecular formula is C26H42N2O6. The van der Waals surface area contributed by atoms with Gasteiger partial charge in [0.25, 0.3) is 0 Å². The van der Waals surface area contributed by atoms with Crippen molar-refractivity contribution < 1.29 is 29.0 Å². The molecule has 3 unspecified atom stereocenters. The highest BCUT2D eigenvalue weighted by molar-refractivity contribution is 5.98. The predicted molar refractivity (Wildman–Crippen MR) is 128 cm³/mol. The first-order chi connectivity index (χ1) is 16.2. The minimum atomic E-state index is -1.12. The van der Waals surface area contributed by atoms with E-state index in [4.69, 9.17) is 9.47 Å². The van der Waals surface area contributed by atoms with Gasteiger partial charge in [0.15, 0.2) is 0 Å². The molecule has 3 rings (SSSR count). The van der Waals surface area contributed by atoms with Crippen LogP contribution in [0.1, 0.15) is 66.7 Å². The van der Waals surface area contributed by atoms with E-state index in [2.05, 4.69) is 13.5 Å². The number of likely N-dealkylation sites (tertiary alicyclic amines) is 1. The molecule has 2 amide bonds. The van der Waals surface area contributed by atoms with Crippen LogP contribution >= 0.6 is 0 Å². The van der Waals surface area contributed by atoms with E-state index in [-0.39, 0.29) is 30.9 Å². The second kappa shape index (κ2) is 10.4. The highest BCUT2D eigenvalue weighted by Gasteiger charge is 2.80. The molecule has 0 aliphatic carbocycles. The van der Waals surface area contributed by atoms with Crippen LogP contribution in [-0.4, -0.2) is 82.3 Å². The number of unbranched alkanes of at least 4 members (excludes halogenated alkanes) is 2. The molecule has 1 N–H and O–H groups in total. The molecule has 8 nitrogen and oxygen atoms in total. The van der Waals surface area contributed by atoms with Crippen molar-refractivity contribution in [3.8, 4) is 0 Å². The third-order valence-electron chi connectivity index (χ3n) is 8.30. The summed E-state index contributed by atoms with van der Waals surface area (Å²) in [6.07, 6.45) is 5.56. The number of esters is 1. The van der Waals surface area contributed by atoms with E-state index in [0.717, 1.165) is 19.3 Å². The fourth-order valence-corrected chi connectivity index (χ4v) is 6.53. The number of carbonyl (C=O) groups is 3. The molecule has 3 saturated heterocycles. The normalized spacial score (nSPS) is 34.8. The van der Waals surface area contributed by atoms with E-state index in [1.54, 1.807) is 17.9 Å². The van der Waals surface area contributed by atoms with E-state index in [9.17, 15) is 19.5 Å². The van der Waals surface area contributed by atoms with Crippen LogP contribution in [0.2, 0.25) is 0 Å². The van der Waals surface area contributed by atoms with Crippen molar-refractivity contribution in [3.05, 3.63) is 12.7 Å². The Hall–Kier alpha value is -1.93. The first-order valence-corrected chi connectivity index (χ1v) is 12.9. The fourth-order valence-electron chi connectivity index (χ4n) is 6.53. The Bertz CT molecular complexity index is 798. The number of rotatable bonds is 12. The molecule has 0 aromatic carbocycles. The van der Waals surface area contributed by atoms with Crippen LogP contribution in [0.5, 0.6) is 0 Å². The molecule has 0 aromatic rings. The molecule has 0 saturated carbocycles. The smallest absolute Gasteiger partial charge is 0.312 e. The number of aliphatic hydroxyl groups excluding tert-OH is 1. The number of nitrogens with zero attached hydrogens (tertiary/aromatic N) is 2. The van der Waals surface area contributed by atoms with Crippen molar-refractivity contribution in [1.82, 2.24) is 9.80 Å². The number of aliphatic hydroxyl groups is 1. The summed E-state index contributed by atoms with van der Waals surface area (Å²) in [7, 11) is 0. The van der Waals surface area contributed by atoms with Gasteiger partial charge < -0.3 is 24.4 Å². The molecule has 7 atom stereocenters. The summed E-state index contributed by atoms with van der Waals surface area (Å²) in [6.45, 7) is 14.3. The minimum absolute atomic E-state index is 0.0386. The van der Waals surface area contributed by atoms with Crippen LogP contribution in [0.3, 0.4) is 0 Å². The largest absolute Gasteiger partial charge is 0.466 e. The van der Waals surface area contributed by atoms with Gasteiger partial charge in [-0.1, -0.05) is 39.7 Å². The molecule has 0 radical (unpaired) electrons. The molecule has 3 aliphatic heterocycles. The summed E-state index contributed by atoms with van der Waals surface area (Å²) in [5.74, 6) is -2.56. The average Bonchev–Trinajstić information content (AvgIpc) is 3.31. The Balaban J connectivity index is 2.10. The lowest BCUT2D eigenvalue weighted by molar-refractivity contribution is -0.163. The zero-order chi connectivity index (χ0) is 25.3. The number of fused-ring (bicyclic) bond motifs is 1. The number of hydrogen-bond acceptors (Lipinski definition) is 6. The monoisotopic (exact) mass is 478 g/mol. The molecular weight excluding hydrogens is 436 g/mol. The molecule has 3 aliphatic rings. The Labute approximate surface area is 203 Å². The third-order valence-corrected chi connectivity index (χ3v) is 8.30. The van der Waals surface area contributed by atoms with E-state index in [1.165, 1.54) is 4.90 Å². The van der Waals surface area contributed by atoms with Gasteiger partial charge in [-0.25, -0.2) is 0 Å². The molecule has 34 heavy (non-hydrogen) atoms. The van der Waals surface area contributed by atoms with E-state index >= 15 is 0 Å². The van der Waals surface area contributed by atoms with E-state index < -0.39 is 41.1 Å². The second-order valence-electron chi connectivity index (χ2n) is 10.2. The topological polar surface area (TPSA) is 96.4 Å². The number of amides is 2. The maximum absolute atomic E-state index is 14.2. The molecule has 192 valence electrons. The van der Waals surface area contributed by atoms with Gasteiger partial charge in [-0.2, -0.15) is 0 Å². The van der Waals surface area contributed by atoms with Crippen LogP contribution < -0.4 is 0 Å². The average molecular weight is 479 g/mol. The lowest BCUT2D eigenvalue weighted by atomic mass is 9.62. The van der Waals surface area contributed by atoms with E-state index in [0.29, 0.717) is 25.9 Å². The number of ether oxygens (including phenoxy) is 2. The first kappa shape index (κ1) is 26.7. The highest BCUT2D eigenvalue weighted by Crippen LogP contribution is 2.65. The lowest BCUT2D eigenvalue weighted by Crippen LogP contribution is -2.59. The summed E-state index contributed by atoms with van der Waals surface area (Å²) in [6, 6.07) is -1.43. The third kappa shape index (κ3) is 3.96. The van der Waals surface area contributed by atoms with Gasteiger partial charge in [0.2, 0.25) is 11.8 Å². The molecule has 0 aromatic heterocycles. The van der Waals surface area contributed by atoms with Crippen LogP contribution in [0.15, 0.2) is 12.7 Å². The van der Waals surface area contributed by atoms with Gasteiger partial charge in [0.05, 0.1) is 30.8 Å².